The van der Waals surface area contributed by atoms with Gasteiger partial charge in [-0.15, -0.1) is 0 Å². The van der Waals surface area contributed by atoms with E-state index in [2.05, 4.69) is 0 Å². The molecule has 0 aromatic heterocycles. The lowest BCUT2D eigenvalue weighted by Crippen LogP contribution is -2.49. The van der Waals surface area contributed by atoms with E-state index in [-0.39, 0.29) is 10.9 Å². The topological polar surface area (TPSA) is 63.7 Å². The van der Waals surface area contributed by atoms with Crippen molar-refractivity contribution in [3.05, 3.63) is 30.3 Å². The van der Waals surface area contributed by atoms with Crippen molar-refractivity contribution in [2.75, 3.05) is 12.4 Å². The molecule has 1 heterocycles. The molecule has 0 N–H and O–H groups in total. The molecule has 0 bridgehead atoms. The van der Waals surface area contributed by atoms with Gasteiger partial charge >= 0.3 is 0 Å². The molecule has 0 unspecified atom stereocenters. The van der Waals surface area contributed by atoms with E-state index in [1.54, 1.807) is 32.0 Å². The number of carbonyl (C=O) groups excluding carboxylic acids is 1. The highest BCUT2D eigenvalue weighted by Crippen LogP contribution is 2.27. The normalized spacial score (nSPS) is 21.9. The molecule has 0 aliphatic carbocycles. The Balaban J connectivity index is 2.20. The number of benzene rings is 1. The van der Waals surface area contributed by atoms with Crippen LogP contribution in [-0.4, -0.2) is 43.4 Å². The van der Waals surface area contributed by atoms with E-state index >= 15 is 0 Å². The molecule has 0 radical (unpaired) electrons. The fourth-order valence-electron chi connectivity index (χ4n) is 2.49. The summed E-state index contributed by atoms with van der Waals surface area (Å²) < 4.78 is 30.0. The zero-order valence-corrected chi connectivity index (χ0v) is 12.7. The summed E-state index contributed by atoms with van der Waals surface area (Å²) in [6, 6.07) is 7.89. The molecule has 1 aliphatic rings. The molecule has 6 heteroatoms. The number of nitrogens with zero attached hydrogens (tertiary/aromatic N) is 1. The second-order valence-corrected chi connectivity index (χ2v) is 7.43. The summed E-state index contributed by atoms with van der Waals surface area (Å²) in [7, 11) is -3.62. The lowest BCUT2D eigenvalue weighted by molar-refractivity contribution is -0.142. The van der Waals surface area contributed by atoms with E-state index in [9.17, 15) is 13.2 Å². The fourth-order valence-corrected chi connectivity index (χ4v) is 3.69. The van der Waals surface area contributed by atoms with Gasteiger partial charge in [0.15, 0.2) is 9.84 Å². The van der Waals surface area contributed by atoms with Crippen LogP contribution in [0.3, 0.4) is 0 Å². The maximum absolute atomic E-state index is 12.3. The Morgan fingerprint density at radius 3 is 2.45 bits per heavy atom. The molecule has 1 atom stereocenters. The standard InChI is InChI=1S/C14H19NO4S/c1-11-9-19-14(2,3)15(11)13(16)10-20(17,18)12-7-5-4-6-8-12/h4-8,11H,9-10H2,1-3H3/t11-/m0/s1. The molecule has 1 aromatic rings. The van der Waals surface area contributed by atoms with Gasteiger partial charge in [0.1, 0.15) is 11.5 Å². The zero-order chi connectivity index (χ0) is 15.0. The number of amides is 1. The van der Waals surface area contributed by atoms with Crippen molar-refractivity contribution < 1.29 is 17.9 Å². The highest BCUT2D eigenvalue weighted by Gasteiger charge is 2.42. The largest absolute Gasteiger partial charge is 0.354 e. The van der Waals surface area contributed by atoms with Crippen LogP contribution in [0.2, 0.25) is 0 Å². The molecule has 0 spiro atoms. The summed E-state index contributed by atoms with van der Waals surface area (Å²) >= 11 is 0. The Hall–Kier alpha value is -1.40. The van der Waals surface area contributed by atoms with E-state index in [1.165, 1.54) is 17.0 Å². The first-order chi connectivity index (χ1) is 9.24. The molecule has 0 saturated carbocycles. The van der Waals surface area contributed by atoms with Crippen molar-refractivity contribution in [1.82, 2.24) is 4.90 Å². The van der Waals surface area contributed by atoms with E-state index in [4.69, 9.17) is 4.74 Å². The average molecular weight is 297 g/mol. The smallest absolute Gasteiger partial charge is 0.240 e. The average Bonchev–Trinajstić information content (AvgIpc) is 2.64. The van der Waals surface area contributed by atoms with Crippen LogP contribution in [0, 0.1) is 0 Å². The molecule has 110 valence electrons. The SMILES string of the molecule is C[C@H]1COC(C)(C)N1C(=O)CS(=O)(=O)c1ccccc1. The third-order valence-electron chi connectivity index (χ3n) is 3.38. The van der Waals surface area contributed by atoms with Gasteiger partial charge in [-0.25, -0.2) is 8.42 Å². The minimum absolute atomic E-state index is 0.122. The first kappa shape index (κ1) is 15.0. The molecule has 5 nitrogen and oxygen atoms in total. The van der Waals surface area contributed by atoms with Crippen LogP contribution >= 0.6 is 0 Å². The predicted molar refractivity (Wildman–Crippen MR) is 74.8 cm³/mol. The summed E-state index contributed by atoms with van der Waals surface area (Å²) in [6.45, 7) is 5.80. The lowest BCUT2D eigenvalue weighted by atomic mass is 10.2. The van der Waals surface area contributed by atoms with Gasteiger partial charge in [-0.3, -0.25) is 4.79 Å². The van der Waals surface area contributed by atoms with Crippen molar-refractivity contribution in [3.63, 3.8) is 0 Å². The van der Waals surface area contributed by atoms with Crippen LogP contribution in [0.15, 0.2) is 35.2 Å². The Morgan fingerprint density at radius 2 is 1.95 bits per heavy atom. The summed E-state index contributed by atoms with van der Waals surface area (Å²) in [5.41, 5.74) is -0.761. The molecule has 2 rings (SSSR count). The summed E-state index contributed by atoms with van der Waals surface area (Å²) in [5.74, 6) is -0.961. The third-order valence-corrected chi connectivity index (χ3v) is 5.00. The molecular formula is C14H19NO4S. The van der Waals surface area contributed by atoms with Crippen molar-refractivity contribution in [3.8, 4) is 0 Å². The molecule has 1 fully saturated rings. The first-order valence-electron chi connectivity index (χ1n) is 6.48. The second-order valence-electron chi connectivity index (χ2n) is 5.44. The van der Waals surface area contributed by atoms with Crippen LogP contribution in [-0.2, 0) is 19.4 Å². The monoisotopic (exact) mass is 297 g/mol. The summed E-state index contributed by atoms with van der Waals surface area (Å²) in [4.78, 5) is 14.0. The Labute approximate surface area is 119 Å². The van der Waals surface area contributed by atoms with Gasteiger partial charge in [0.25, 0.3) is 0 Å². The molecule has 20 heavy (non-hydrogen) atoms. The van der Waals surface area contributed by atoms with Gasteiger partial charge in [-0.2, -0.15) is 0 Å². The zero-order valence-electron chi connectivity index (χ0n) is 11.9. The van der Waals surface area contributed by atoms with Gasteiger partial charge in [-0.1, -0.05) is 18.2 Å². The number of hydrogen-bond acceptors (Lipinski definition) is 4. The Kier molecular flexibility index (Phi) is 3.88. The number of rotatable bonds is 3. The van der Waals surface area contributed by atoms with Crippen molar-refractivity contribution in [2.45, 2.75) is 37.4 Å². The van der Waals surface area contributed by atoms with Crippen molar-refractivity contribution >= 4 is 15.7 Å². The number of sulfone groups is 1. The van der Waals surface area contributed by atoms with Crippen LogP contribution < -0.4 is 0 Å². The first-order valence-corrected chi connectivity index (χ1v) is 8.13. The Morgan fingerprint density at radius 1 is 1.35 bits per heavy atom. The van der Waals surface area contributed by atoms with Crippen molar-refractivity contribution in [1.29, 1.82) is 0 Å². The number of ether oxygens (including phenoxy) is 1. The van der Waals surface area contributed by atoms with Gasteiger partial charge in [0.05, 0.1) is 17.5 Å². The van der Waals surface area contributed by atoms with Gasteiger partial charge in [-0.05, 0) is 32.9 Å². The van der Waals surface area contributed by atoms with Crippen LogP contribution in [0.4, 0.5) is 0 Å². The molecular weight excluding hydrogens is 278 g/mol. The van der Waals surface area contributed by atoms with E-state index in [1.807, 2.05) is 6.92 Å². The van der Waals surface area contributed by atoms with Crippen LogP contribution in [0.1, 0.15) is 20.8 Å². The summed E-state index contributed by atoms with van der Waals surface area (Å²) in [5, 5.41) is 0. The quantitative estimate of drug-likeness (QED) is 0.847. The maximum atomic E-state index is 12.3. The minimum atomic E-state index is -3.62. The predicted octanol–water partition coefficient (Wildman–Crippen LogP) is 1.44. The van der Waals surface area contributed by atoms with Crippen molar-refractivity contribution in [2.24, 2.45) is 0 Å². The maximum Gasteiger partial charge on any atom is 0.240 e. The summed E-state index contributed by atoms with van der Waals surface area (Å²) in [6.07, 6.45) is 0. The molecule has 1 aliphatic heterocycles. The lowest BCUT2D eigenvalue weighted by Gasteiger charge is -2.32. The fraction of sp³-hybridized carbons (Fsp3) is 0.500. The van der Waals surface area contributed by atoms with Crippen LogP contribution in [0.25, 0.3) is 0 Å². The Bertz CT molecular complexity index is 595. The van der Waals surface area contributed by atoms with Gasteiger partial charge in [0.2, 0.25) is 5.91 Å². The van der Waals surface area contributed by atoms with E-state index in [0.717, 1.165) is 0 Å². The van der Waals surface area contributed by atoms with Gasteiger partial charge in [0, 0.05) is 0 Å². The molecule has 1 amide bonds. The second kappa shape index (κ2) is 5.18. The minimum Gasteiger partial charge on any atom is -0.354 e. The molecule has 1 aromatic carbocycles. The van der Waals surface area contributed by atoms with Crippen LogP contribution in [0.5, 0.6) is 0 Å². The third kappa shape index (κ3) is 2.86. The number of hydrogen-bond donors (Lipinski definition) is 0. The number of carbonyl (C=O) groups is 1. The highest BCUT2D eigenvalue weighted by atomic mass is 32.2. The van der Waals surface area contributed by atoms with E-state index in [0.29, 0.717) is 6.61 Å². The van der Waals surface area contributed by atoms with E-state index < -0.39 is 27.2 Å². The molecule has 1 saturated heterocycles. The van der Waals surface area contributed by atoms with Gasteiger partial charge < -0.3 is 9.64 Å². The highest BCUT2D eigenvalue weighted by molar-refractivity contribution is 7.92.